The molecular weight excluding hydrogens is 190 g/mol. The largest absolute Gasteiger partial charge is 0.340 e. The third kappa shape index (κ3) is 2.37. The zero-order valence-electron chi connectivity index (χ0n) is 9.31. The number of piperazine rings is 1. The second-order valence-electron chi connectivity index (χ2n) is 3.92. The van der Waals surface area contributed by atoms with Gasteiger partial charge in [-0.25, -0.2) is 0 Å². The summed E-state index contributed by atoms with van der Waals surface area (Å²) >= 11 is 0. The fraction of sp³-hybridized carbons (Fsp3) is 0.636. The normalized spacial score (nSPS) is 27.5. The van der Waals surface area contributed by atoms with Gasteiger partial charge in [0.15, 0.2) is 0 Å². The summed E-state index contributed by atoms with van der Waals surface area (Å²) in [5, 5.41) is 8.70. The molecule has 1 fully saturated rings. The average molecular weight is 207 g/mol. The van der Waals surface area contributed by atoms with E-state index in [9.17, 15) is 4.79 Å². The Labute approximate surface area is 90.8 Å². The van der Waals surface area contributed by atoms with Crippen LogP contribution in [0, 0.1) is 11.3 Å². The number of nitriles is 1. The van der Waals surface area contributed by atoms with E-state index in [1.807, 2.05) is 11.8 Å². The van der Waals surface area contributed by atoms with Crippen molar-refractivity contribution in [2.45, 2.75) is 25.4 Å². The number of carbonyl (C=O) groups excluding carboxylic acids is 1. The molecule has 1 aliphatic rings. The van der Waals surface area contributed by atoms with Gasteiger partial charge >= 0.3 is 0 Å². The molecule has 15 heavy (non-hydrogen) atoms. The van der Waals surface area contributed by atoms with Gasteiger partial charge in [0.25, 0.3) is 0 Å². The maximum absolute atomic E-state index is 11.9. The molecule has 4 nitrogen and oxygen atoms in total. The molecule has 2 unspecified atom stereocenters. The van der Waals surface area contributed by atoms with Crippen LogP contribution in [0.25, 0.3) is 0 Å². The summed E-state index contributed by atoms with van der Waals surface area (Å²) in [6.45, 7) is 7.15. The number of hydrogen-bond donors (Lipinski definition) is 0. The minimum absolute atomic E-state index is 0.0390. The van der Waals surface area contributed by atoms with Crippen molar-refractivity contribution >= 4 is 5.91 Å². The predicted molar refractivity (Wildman–Crippen MR) is 58.0 cm³/mol. The molecule has 0 spiro atoms. The van der Waals surface area contributed by atoms with E-state index in [2.05, 4.69) is 12.6 Å². The van der Waals surface area contributed by atoms with Crippen LogP contribution < -0.4 is 0 Å². The van der Waals surface area contributed by atoms with E-state index in [4.69, 9.17) is 5.26 Å². The summed E-state index contributed by atoms with van der Waals surface area (Å²) in [5.74, 6) is 0.0390. The van der Waals surface area contributed by atoms with Gasteiger partial charge in [-0.1, -0.05) is 6.08 Å². The Morgan fingerprint density at radius 1 is 1.73 bits per heavy atom. The Morgan fingerprint density at radius 3 is 2.93 bits per heavy atom. The SMILES string of the molecule is C=CCN1CC(C)N(C)C(=O)C1CC#N. The van der Waals surface area contributed by atoms with Gasteiger partial charge in [0.2, 0.25) is 5.91 Å². The molecule has 1 heterocycles. The highest BCUT2D eigenvalue weighted by molar-refractivity contribution is 5.83. The lowest BCUT2D eigenvalue weighted by atomic mass is 10.0. The maximum Gasteiger partial charge on any atom is 0.241 e. The molecule has 2 atom stereocenters. The molecule has 1 aliphatic heterocycles. The fourth-order valence-electron chi connectivity index (χ4n) is 1.87. The first-order chi connectivity index (χ1) is 7.11. The van der Waals surface area contributed by atoms with E-state index in [0.717, 1.165) is 6.54 Å². The number of amides is 1. The van der Waals surface area contributed by atoms with Crippen LogP contribution in [0.2, 0.25) is 0 Å². The summed E-state index contributed by atoms with van der Waals surface area (Å²) in [5.41, 5.74) is 0. The third-order valence-electron chi connectivity index (χ3n) is 2.88. The van der Waals surface area contributed by atoms with Crippen LogP contribution in [-0.4, -0.2) is 47.9 Å². The van der Waals surface area contributed by atoms with Gasteiger partial charge in [-0.05, 0) is 6.92 Å². The van der Waals surface area contributed by atoms with Crippen molar-refractivity contribution in [1.82, 2.24) is 9.80 Å². The number of likely N-dealkylation sites (N-methyl/N-ethyl adjacent to an activating group) is 1. The molecule has 0 aromatic rings. The monoisotopic (exact) mass is 207 g/mol. The van der Waals surface area contributed by atoms with Gasteiger partial charge < -0.3 is 4.90 Å². The van der Waals surface area contributed by atoms with Crippen molar-refractivity contribution in [2.75, 3.05) is 20.1 Å². The topological polar surface area (TPSA) is 47.3 Å². The molecule has 1 saturated heterocycles. The molecule has 0 radical (unpaired) electrons. The first kappa shape index (κ1) is 11.7. The standard InChI is InChI=1S/C11H17N3O/c1-4-7-14-8-9(2)13(3)11(15)10(14)5-6-12/h4,9-10H,1,5,7-8H2,2-3H3. The van der Waals surface area contributed by atoms with Crippen LogP contribution in [0.15, 0.2) is 12.7 Å². The number of nitrogens with zero attached hydrogens (tertiary/aromatic N) is 3. The van der Waals surface area contributed by atoms with Crippen LogP contribution in [0.4, 0.5) is 0 Å². The minimum Gasteiger partial charge on any atom is -0.340 e. The fourth-order valence-corrected chi connectivity index (χ4v) is 1.87. The molecule has 0 aliphatic carbocycles. The van der Waals surface area contributed by atoms with Crippen molar-refractivity contribution in [3.8, 4) is 6.07 Å². The zero-order chi connectivity index (χ0) is 11.4. The summed E-state index contributed by atoms with van der Waals surface area (Å²) in [7, 11) is 1.79. The van der Waals surface area contributed by atoms with Gasteiger partial charge in [0.05, 0.1) is 12.5 Å². The Balaban J connectivity index is 2.81. The molecule has 0 aromatic heterocycles. The summed E-state index contributed by atoms with van der Waals surface area (Å²) < 4.78 is 0. The highest BCUT2D eigenvalue weighted by Gasteiger charge is 2.35. The Morgan fingerprint density at radius 2 is 2.40 bits per heavy atom. The molecule has 4 heteroatoms. The molecule has 0 bridgehead atoms. The smallest absolute Gasteiger partial charge is 0.241 e. The average Bonchev–Trinajstić information content (AvgIpc) is 2.21. The van der Waals surface area contributed by atoms with Gasteiger partial charge in [0.1, 0.15) is 6.04 Å². The van der Waals surface area contributed by atoms with Crippen molar-refractivity contribution in [3.05, 3.63) is 12.7 Å². The molecule has 1 rings (SSSR count). The first-order valence-electron chi connectivity index (χ1n) is 5.10. The molecule has 0 N–H and O–H groups in total. The highest BCUT2D eigenvalue weighted by atomic mass is 16.2. The van der Waals surface area contributed by atoms with Crippen LogP contribution in [0.3, 0.4) is 0 Å². The summed E-state index contributed by atoms with van der Waals surface area (Å²) in [6.07, 6.45) is 2.03. The molecule has 0 aromatic carbocycles. The number of rotatable bonds is 3. The quantitative estimate of drug-likeness (QED) is 0.637. The molecule has 1 amide bonds. The number of carbonyl (C=O) groups is 1. The van der Waals surface area contributed by atoms with Gasteiger partial charge in [-0.3, -0.25) is 9.69 Å². The molecular formula is C11H17N3O. The van der Waals surface area contributed by atoms with E-state index in [1.165, 1.54) is 0 Å². The number of hydrogen-bond acceptors (Lipinski definition) is 3. The Hall–Kier alpha value is -1.34. The molecule has 0 saturated carbocycles. The van der Waals surface area contributed by atoms with Crippen molar-refractivity contribution in [2.24, 2.45) is 0 Å². The second-order valence-corrected chi connectivity index (χ2v) is 3.92. The van der Waals surface area contributed by atoms with Crippen molar-refractivity contribution in [3.63, 3.8) is 0 Å². The van der Waals surface area contributed by atoms with Crippen molar-refractivity contribution in [1.29, 1.82) is 5.26 Å². The lowest BCUT2D eigenvalue weighted by Gasteiger charge is -2.41. The van der Waals surface area contributed by atoms with Crippen LogP contribution >= 0.6 is 0 Å². The lowest BCUT2D eigenvalue weighted by Crippen LogP contribution is -2.59. The van der Waals surface area contributed by atoms with Crippen molar-refractivity contribution < 1.29 is 4.79 Å². The van der Waals surface area contributed by atoms with E-state index in [0.29, 0.717) is 6.54 Å². The zero-order valence-corrected chi connectivity index (χ0v) is 9.31. The Kier molecular flexibility index (Phi) is 3.87. The van der Waals surface area contributed by atoms with Crippen LogP contribution in [-0.2, 0) is 4.79 Å². The Bertz CT molecular complexity index is 295. The van der Waals surface area contributed by atoms with Gasteiger partial charge in [-0.2, -0.15) is 5.26 Å². The van der Waals surface area contributed by atoms with E-state index >= 15 is 0 Å². The van der Waals surface area contributed by atoms with Gasteiger partial charge in [0, 0.05) is 26.2 Å². The van der Waals surface area contributed by atoms with Gasteiger partial charge in [-0.15, -0.1) is 6.58 Å². The van der Waals surface area contributed by atoms with E-state index in [1.54, 1.807) is 18.0 Å². The van der Waals surface area contributed by atoms with Crippen LogP contribution in [0.5, 0.6) is 0 Å². The molecule has 82 valence electrons. The predicted octanol–water partition coefficient (Wildman–Crippen LogP) is 0.617. The van der Waals surface area contributed by atoms with E-state index in [-0.39, 0.29) is 24.4 Å². The summed E-state index contributed by atoms with van der Waals surface area (Å²) in [6, 6.07) is 1.97. The minimum atomic E-state index is -0.297. The highest BCUT2D eigenvalue weighted by Crippen LogP contribution is 2.17. The van der Waals surface area contributed by atoms with E-state index < -0.39 is 0 Å². The van der Waals surface area contributed by atoms with Crippen LogP contribution in [0.1, 0.15) is 13.3 Å². The summed E-state index contributed by atoms with van der Waals surface area (Å²) in [4.78, 5) is 15.7. The lowest BCUT2D eigenvalue weighted by molar-refractivity contribution is -0.142. The third-order valence-corrected chi connectivity index (χ3v) is 2.88. The first-order valence-corrected chi connectivity index (χ1v) is 5.10. The maximum atomic E-state index is 11.9. The second kappa shape index (κ2) is 4.94.